The lowest BCUT2D eigenvalue weighted by Gasteiger charge is -2.26. The number of nitrogens with zero attached hydrogens (tertiary/aromatic N) is 2. The summed E-state index contributed by atoms with van der Waals surface area (Å²) >= 11 is 0. The van der Waals surface area contributed by atoms with E-state index in [0.717, 1.165) is 13.0 Å². The second-order valence-corrected chi connectivity index (χ2v) is 7.24. The number of ether oxygens (including phenoxy) is 3. The molecule has 1 aromatic carbocycles. The Morgan fingerprint density at radius 2 is 1.97 bits per heavy atom. The van der Waals surface area contributed by atoms with Crippen molar-refractivity contribution >= 4 is 17.7 Å². The molecule has 164 valence electrons. The minimum atomic E-state index is -0.225. The first kappa shape index (κ1) is 21.9. The van der Waals surface area contributed by atoms with Crippen molar-refractivity contribution in [1.29, 1.82) is 0 Å². The van der Waals surface area contributed by atoms with E-state index in [-0.39, 0.29) is 24.3 Å². The fourth-order valence-electron chi connectivity index (χ4n) is 3.49. The minimum absolute atomic E-state index is 0.100. The molecule has 1 aromatic rings. The van der Waals surface area contributed by atoms with E-state index < -0.39 is 0 Å². The molecule has 0 radical (unpaired) electrons. The van der Waals surface area contributed by atoms with Crippen molar-refractivity contribution in [3.63, 3.8) is 0 Å². The third-order valence-electron chi connectivity index (χ3n) is 5.20. The Morgan fingerprint density at radius 1 is 1.17 bits per heavy atom. The van der Waals surface area contributed by atoms with Crippen LogP contribution in [0.1, 0.15) is 29.6 Å². The van der Waals surface area contributed by atoms with E-state index in [1.54, 1.807) is 23.1 Å². The molecule has 2 aliphatic heterocycles. The van der Waals surface area contributed by atoms with Crippen molar-refractivity contribution in [1.82, 2.24) is 15.1 Å². The highest BCUT2D eigenvalue weighted by atomic mass is 16.5. The molecule has 9 heteroatoms. The Kier molecular flexibility index (Phi) is 7.89. The van der Waals surface area contributed by atoms with Crippen molar-refractivity contribution in [3.8, 4) is 11.5 Å². The lowest BCUT2D eigenvalue weighted by atomic mass is 10.2. The number of carbonyl (C=O) groups excluding carboxylic acids is 3. The standard InChI is InChI=1S/C21H29N3O6/c1-28-18-14-16(21(27)22-7-3-9-23-8-2-4-19(23)25)5-6-17(18)30-15-20(26)24-10-12-29-13-11-24/h5-6,14H,2-4,7-13,15H2,1H3,(H,22,27). The van der Waals surface area contributed by atoms with Crippen LogP contribution >= 0.6 is 0 Å². The number of hydrogen-bond acceptors (Lipinski definition) is 6. The zero-order valence-electron chi connectivity index (χ0n) is 17.4. The van der Waals surface area contributed by atoms with Crippen molar-refractivity contribution < 1.29 is 28.6 Å². The van der Waals surface area contributed by atoms with Crippen molar-refractivity contribution in [2.75, 3.05) is 59.7 Å². The quantitative estimate of drug-likeness (QED) is 0.591. The molecule has 0 bridgehead atoms. The van der Waals surface area contributed by atoms with Crippen LogP contribution in [0.4, 0.5) is 0 Å². The number of morpholine rings is 1. The first-order valence-electron chi connectivity index (χ1n) is 10.3. The summed E-state index contributed by atoms with van der Waals surface area (Å²) in [5.41, 5.74) is 0.441. The van der Waals surface area contributed by atoms with Gasteiger partial charge in [0.25, 0.3) is 11.8 Å². The van der Waals surface area contributed by atoms with Gasteiger partial charge in [0.15, 0.2) is 18.1 Å². The summed E-state index contributed by atoms with van der Waals surface area (Å²) in [5.74, 6) is 0.646. The van der Waals surface area contributed by atoms with Gasteiger partial charge < -0.3 is 29.3 Å². The van der Waals surface area contributed by atoms with Crippen LogP contribution in [0.25, 0.3) is 0 Å². The van der Waals surface area contributed by atoms with Gasteiger partial charge in [-0.25, -0.2) is 0 Å². The van der Waals surface area contributed by atoms with Gasteiger partial charge in [-0.15, -0.1) is 0 Å². The molecule has 2 saturated heterocycles. The van der Waals surface area contributed by atoms with Gasteiger partial charge in [0.05, 0.1) is 20.3 Å². The molecule has 2 heterocycles. The summed E-state index contributed by atoms with van der Waals surface area (Å²) in [6, 6.07) is 4.85. The highest BCUT2D eigenvalue weighted by Gasteiger charge is 2.20. The highest BCUT2D eigenvalue weighted by molar-refractivity contribution is 5.94. The summed E-state index contributed by atoms with van der Waals surface area (Å²) in [7, 11) is 1.49. The van der Waals surface area contributed by atoms with Crippen LogP contribution in [0.5, 0.6) is 11.5 Å². The van der Waals surface area contributed by atoms with Crippen LogP contribution in [0, 0.1) is 0 Å². The first-order valence-corrected chi connectivity index (χ1v) is 10.3. The van der Waals surface area contributed by atoms with Crippen LogP contribution in [-0.2, 0) is 14.3 Å². The monoisotopic (exact) mass is 419 g/mol. The lowest BCUT2D eigenvalue weighted by Crippen LogP contribution is -2.43. The Morgan fingerprint density at radius 3 is 2.67 bits per heavy atom. The van der Waals surface area contributed by atoms with Gasteiger partial charge in [-0.1, -0.05) is 0 Å². The largest absolute Gasteiger partial charge is 0.493 e. The molecule has 1 N–H and O–H groups in total. The molecule has 0 unspecified atom stereocenters. The Hall–Kier alpha value is -2.81. The van der Waals surface area contributed by atoms with Gasteiger partial charge in [0, 0.05) is 44.7 Å². The van der Waals surface area contributed by atoms with Gasteiger partial charge in [-0.05, 0) is 31.0 Å². The third kappa shape index (κ3) is 5.85. The van der Waals surface area contributed by atoms with Crippen LogP contribution in [0.15, 0.2) is 18.2 Å². The molecular weight excluding hydrogens is 390 g/mol. The van der Waals surface area contributed by atoms with E-state index in [1.807, 2.05) is 4.90 Å². The molecule has 3 amide bonds. The van der Waals surface area contributed by atoms with E-state index in [4.69, 9.17) is 14.2 Å². The normalized spacial score (nSPS) is 16.5. The molecule has 30 heavy (non-hydrogen) atoms. The number of benzene rings is 1. The van der Waals surface area contributed by atoms with Crippen molar-refractivity contribution in [2.45, 2.75) is 19.3 Å². The maximum Gasteiger partial charge on any atom is 0.260 e. The predicted molar refractivity (Wildman–Crippen MR) is 109 cm³/mol. The Bertz CT molecular complexity index is 763. The highest BCUT2D eigenvalue weighted by Crippen LogP contribution is 2.28. The summed E-state index contributed by atoms with van der Waals surface area (Å²) in [6.45, 7) is 4.04. The average Bonchev–Trinajstić information content (AvgIpc) is 3.19. The molecular formula is C21H29N3O6. The molecule has 2 fully saturated rings. The average molecular weight is 419 g/mol. The van der Waals surface area contributed by atoms with E-state index in [0.29, 0.717) is 69.3 Å². The molecule has 0 aromatic heterocycles. The molecule has 0 aliphatic carbocycles. The number of carbonyl (C=O) groups is 3. The fourth-order valence-corrected chi connectivity index (χ4v) is 3.49. The van der Waals surface area contributed by atoms with Crippen LogP contribution in [-0.4, -0.2) is 87.2 Å². The molecule has 0 saturated carbocycles. The Labute approximate surface area is 176 Å². The van der Waals surface area contributed by atoms with Gasteiger partial charge in [-0.2, -0.15) is 0 Å². The van der Waals surface area contributed by atoms with Crippen LogP contribution < -0.4 is 14.8 Å². The Balaban J connectivity index is 1.47. The van der Waals surface area contributed by atoms with Gasteiger partial charge in [0.1, 0.15) is 0 Å². The minimum Gasteiger partial charge on any atom is -0.493 e. The van der Waals surface area contributed by atoms with Gasteiger partial charge in [0.2, 0.25) is 5.91 Å². The summed E-state index contributed by atoms with van der Waals surface area (Å²) < 4.78 is 16.2. The van der Waals surface area contributed by atoms with E-state index in [1.165, 1.54) is 7.11 Å². The number of hydrogen-bond donors (Lipinski definition) is 1. The smallest absolute Gasteiger partial charge is 0.260 e. The lowest BCUT2D eigenvalue weighted by molar-refractivity contribution is -0.137. The number of rotatable bonds is 9. The van der Waals surface area contributed by atoms with E-state index >= 15 is 0 Å². The van der Waals surface area contributed by atoms with Crippen molar-refractivity contribution in [3.05, 3.63) is 23.8 Å². The zero-order valence-corrected chi connectivity index (χ0v) is 17.4. The SMILES string of the molecule is COc1cc(C(=O)NCCCN2CCCC2=O)ccc1OCC(=O)N1CCOCC1. The predicted octanol–water partition coefficient (Wildman–Crippen LogP) is 0.675. The van der Waals surface area contributed by atoms with E-state index in [9.17, 15) is 14.4 Å². The topological polar surface area (TPSA) is 97.4 Å². The summed E-state index contributed by atoms with van der Waals surface area (Å²) in [4.78, 5) is 39.8. The number of methoxy groups -OCH3 is 1. The second-order valence-electron chi connectivity index (χ2n) is 7.24. The molecule has 9 nitrogen and oxygen atoms in total. The molecule has 3 rings (SSSR count). The maximum atomic E-state index is 12.4. The van der Waals surface area contributed by atoms with Crippen molar-refractivity contribution in [2.24, 2.45) is 0 Å². The molecule has 0 atom stereocenters. The summed E-state index contributed by atoms with van der Waals surface area (Å²) in [6.07, 6.45) is 2.25. The second kappa shape index (κ2) is 10.8. The van der Waals surface area contributed by atoms with Crippen LogP contribution in [0.3, 0.4) is 0 Å². The summed E-state index contributed by atoms with van der Waals surface area (Å²) in [5, 5.41) is 2.86. The number of nitrogens with one attached hydrogen (secondary N) is 1. The number of likely N-dealkylation sites (tertiary alicyclic amines) is 1. The third-order valence-corrected chi connectivity index (χ3v) is 5.20. The number of amides is 3. The molecule has 0 spiro atoms. The van der Waals surface area contributed by atoms with Gasteiger partial charge >= 0.3 is 0 Å². The van der Waals surface area contributed by atoms with E-state index in [2.05, 4.69) is 5.32 Å². The van der Waals surface area contributed by atoms with Crippen LogP contribution in [0.2, 0.25) is 0 Å². The molecule has 2 aliphatic rings. The fraction of sp³-hybridized carbons (Fsp3) is 0.571. The van der Waals surface area contributed by atoms with Gasteiger partial charge in [-0.3, -0.25) is 14.4 Å². The maximum absolute atomic E-state index is 12.4. The zero-order chi connectivity index (χ0) is 21.3. The first-order chi connectivity index (χ1) is 14.6.